The van der Waals surface area contributed by atoms with Gasteiger partial charge < -0.3 is 9.47 Å². The van der Waals surface area contributed by atoms with Crippen molar-refractivity contribution in [3.8, 4) is 5.75 Å². The molecule has 2 aromatic rings. The van der Waals surface area contributed by atoms with E-state index in [2.05, 4.69) is 21.9 Å². The van der Waals surface area contributed by atoms with Gasteiger partial charge >= 0.3 is 5.97 Å². The Morgan fingerprint density at radius 2 is 2.00 bits per heavy atom. The topological polar surface area (TPSA) is 48.4 Å². The number of nitrogens with zero attached hydrogens (tertiary/aromatic N) is 1. The summed E-state index contributed by atoms with van der Waals surface area (Å²) in [5.74, 6) is 0.995. The fraction of sp³-hybridized carbons (Fsp3) is 0.200. The van der Waals surface area contributed by atoms with Crippen molar-refractivity contribution in [2.45, 2.75) is 10.6 Å². The van der Waals surface area contributed by atoms with Crippen molar-refractivity contribution in [3.63, 3.8) is 0 Å². The van der Waals surface area contributed by atoms with Crippen molar-refractivity contribution in [3.05, 3.63) is 53.9 Å². The molecule has 5 heteroatoms. The van der Waals surface area contributed by atoms with Gasteiger partial charge in [-0.2, -0.15) is 0 Å². The highest BCUT2D eigenvalue weighted by Gasteiger charge is 2.12. The van der Waals surface area contributed by atoms with Crippen LogP contribution >= 0.6 is 11.8 Å². The molecule has 0 aliphatic rings. The molecule has 0 amide bonds. The molecule has 0 spiro atoms. The molecule has 0 bridgehead atoms. The molecular weight excluding hydrogens is 274 g/mol. The number of carbonyl (C=O) groups is 1. The van der Waals surface area contributed by atoms with Gasteiger partial charge in [-0.05, 0) is 11.6 Å². The number of hydrogen-bond acceptors (Lipinski definition) is 5. The summed E-state index contributed by atoms with van der Waals surface area (Å²) in [5.41, 5.74) is 1.49. The number of pyridine rings is 1. The second-order valence-corrected chi connectivity index (χ2v) is 5.00. The molecule has 0 unspecified atom stereocenters. The first-order valence-corrected chi connectivity index (χ1v) is 7.02. The van der Waals surface area contributed by atoms with Crippen LogP contribution in [0.2, 0.25) is 0 Å². The molecule has 4 nitrogen and oxygen atoms in total. The standard InChI is InChI=1S/C15H15NO3S/c1-18-13-9-16-12(15(17)19-2)8-14(13)20-10-11-6-4-3-5-7-11/h3-9H,10H2,1-2H3. The summed E-state index contributed by atoms with van der Waals surface area (Å²) in [7, 11) is 2.92. The van der Waals surface area contributed by atoms with Crippen molar-refractivity contribution in [1.82, 2.24) is 4.98 Å². The highest BCUT2D eigenvalue weighted by atomic mass is 32.2. The van der Waals surface area contributed by atoms with Crippen LogP contribution in [0, 0.1) is 0 Å². The normalized spacial score (nSPS) is 10.1. The maximum absolute atomic E-state index is 11.5. The average molecular weight is 289 g/mol. The first-order valence-electron chi connectivity index (χ1n) is 6.03. The predicted octanol–water partition coefficient (Wildman–Crippen LogP) is 3.17. The summed E-state index contributed by atoms with van der Waals surface area (Å²) in [4.78, 5) is 16.4. The Hall–Kier alpha value is -2.01. The number of esters is 1. The van der Waals surface area contributed by atoms with Gasteiger partial charge in [-0.25, -0.2) is 9.78 Å². The lowest BCUT2D eigenvalue weighted by molar-refractivity contribution is 0.0593. The molecule has 20 heavy (non-hydrogen) atoms. The van der Waals surface area contributed by atoms with Crippen molar-refractivity contribution in [2.75, 3.05) is 14.2 Å². The van der Waals surface area contributed by atoms with Gasteiger partial charge in [0.2, 0.25) is 0 Å². The molecule has 0 saturated heterocycles. The molecular formula is C15H15NO3S. The van der Waals surface area contributed by atoms with Crippen LogP contribution in [-0.2, 0) is 10.5 Å². The third-order valence-electron chi connectivity index (χ3n) is 2.68. The quantitative estimate of drug-likeness (QED) is 0.625. The zero-order valence-electron chi connectivity index (χ0n) is 11.3. The van der Waals surface area contributed by atoms with E-state index >= 15 is 0 Å². The maximum Gasteiger partial charge on any atom is 0.356 e. The molecule has 0 aliphatic carbocycles. The van der Waals surface area contributed by atoms with Gasteiger partial charge in [-0.3, -0.25) is 0 Å². The third kappa shape index (κ3) is 3.51. The maximum atomic E-state index is 11.5. The highest BCUT2D eigenvalue weighted by molar-refractivity contribution is 7.98. The Morgan fingerprint density at radius 1 is 1.25 bits per heavy atom. The Bertz CT molecular complexity index is 587. The van der Waals surface area contributed by atoms with Crippen molar-refractivity contribution < 1.29 is 14.3 Å². The van der Waals surface area contributed by atoms with Crippen LogP contribution in [-0.4, -0.2) is 25.2 Å². The Labute approximate surface area is 122 Å². The zero-order chi connectivity index (χ0) is 14.4. The molecule has 1 heterocycles. The lowest BCUT2D eigenvalue weighted by Gasteiger charge is -2.09. The van der Waals surface area contributed by atoms with Gasteiger partial charge in [-0.1, -0.05) is 30.3 Å². The molecule has 104 valence electrons. The summed E-state index contributed by atoms with van der Waals surface area (Å²) >= 11 is 1.59. The number of methoxy groups -OCH3 is 2. The van der Waals surface area contributed by atoms with E-state index in [0.717, 1.165) is 10.6 Å². The highest BCUT2D eigenvalue weighted by Crippen LogP contribution is 2.31. The fourth-order valence-corrected chi connectivity index (χ4v) is 2.63. The van der Waals surface area contributed by atoms with E-state index < -0.39 is 5.97 Å². The SMILES string of the molecule is COC(=O)c1cc(SCc2ccccc2)c(OC)cn1. The van der Waals surface area contributed by atoms with Gasteiger partial charge in [0.05, 0.1) is 25.3 Å². The average Bonchev–Trinajstić information content (AvgIpc) is 2.52. The first kappa shape index (κ1) is 14.4. The fourth-order valence-electron chi connectivity index (χ4n) is 1.64. The summed E-state index contributed by atoms with van der Waals surface area (Å²) in [5, 5.41) is 0. The summed E-state index contributed by atoms with van der Waals surface area (Å²) < 4.78 is 9.94. The molecule has 0 saturated carbocycles. The van der Waals surface area contributed by atoms with Crippen molar-refractivity contribution in [2.24, 2.45) is 0 Å². The molecule has 1 aromatic carbocycles. The summed E-state index contributed by atoms with van der Waals surface area (Å²) in [6, 6.07) is 11.8. The minimum absolute atomic E-state index is 0.281. The Kier molecular flexibility index (Phi) is 5.01. The second-order valence-electron chi connectivity index (χ2n) is 3.99. The molecule has 2 rings (SSSR count). The van der Waals surface area contributed by atoms with E-state index in [1.165, 1.54) is 12.7 Å². The van der Waals surface area contributed by atoms with Gasteiger partial charge in [0.1, 0.15) is 5.69 Å². The number of hydrogen-bond donors (Lipinski definition) is 0. The van der Waals surface area contributed by atoms with Crippen LogP contribution in [0.4, 0.5) is 0 Å². The molecule has 0 fully saturated rings. The molecule has 0 atom stereocenters. The zero-order valence-corrected chi connectivity index (χ0v) is 12.1. The number of carbonyl (C=O) groups excluding carboxylic acids is 1. The minimum Gasteiger partial charge on any atom is -0.494 e. The number of thioether (sulfide) groups is 1. The van der Waals surface area contributed by atoms with E-state index in [1.807, 2.05) is 18.2 Å². The number of ether oxygens (including phenoxy) is 2. The van der Waals surface area contributed by atoms with Crippen molar-refractivity contribution >= 4 is 17.7 Å². The number of benzene rings is 1. The molecule has 1 aromatic heterocycles. The van der Waals surface area contributed by atoms with Gasteiger partial charge in [0, 0.05) is 5.75 Å². The van der Waals surface area contributed by atoms with Crippen LogP contribution < -0.4 is 4.74 Å². The van der Waals surface area contributed by atoms with Crippen molar-refractivity contribution in [1.29, 1.82) is 0 Å². The largest absolute Gasteiger partial charge is 0.494 e. The third-order valence-corrected chi connectivity index (χ3v) is 3.79. The Morgan fingerprint density at radius 3 is 2.65 bits per heavy atom. The molecule has 0 aliphatic heterocycles. The lowest BCUT2D eigenvalue weighted by atomic mass is 10.2. The van der Waals surface area contributed by atoms with Crippen LogP contribution in [0.15, 0.2) is 47.5 Å². The minimum atomic E-state index is -0.450. The lowest BCUT2D eigenvalue weighted by Crippen LogP contribution is -2.04. The Balaban J connectivity index is 2.18. The molecule has 0 N–H and O–H groups in total. The van der Waals surface area contributed by atoms with E-state index in [0.29, 0.717) is 5.75 Å². The van der Waals surface area contributed by atoms with Crippen LogP contribution in [0.25, 0.3) is 0 Å². The van der Waals surface area contributed by atoms with E-state index in [4.69, 9.17) is 4.74 Å². The van der Waals surface area contributed by atoms with Crippen LogP contribution in [0.3, 0.4) is 0 Å². The number of rotatable bonds is 5. The van der Waals surface area contributed by atoms with Gasteiger partial charge in [0.25, 0.3) is 0 Å². The summed E-state index contributed by atoms with van der Waals surface area (Å²) in [6.07, 6.45) is 1.54. The van der Waals surface area contributed by atoms with E-state index in [-0.39, 0.29) is 5.69 Å². The van der Waals surface area contributed by atoms with Crippen LogP contribution in [0.1, 0.15) is 16.1 Å². The van der Waals surface area contributed by atoms with E-state index in [9.17, 15) is 4.79 Å². The number of aromatic nitrogens is 1. The van der Waals surface area contributed by atoms with E-state index in [1.54, 1.807) is 31.1 Å². The molecule has 0 radical (unpaired) electrons. The smallest absolute Gasteiger partial charge is 0.356 e. The van der Waals surface area contributed by atoms with Crippen LogP contribution in [0.5, 0.6) is 5.75 Å². The second kappa shape index (κ2) is 6.96. The summed E-state index contributed by atoms with van der Waals surface area (Å²) in [6.45, 7) is 0. The van der Waals surface area contributed by atoms with Gasteiger partial charge in [0.15, 0.2) is 5.75 Å². The first-order chi connectivity index (χ1) is 9.74. The van der Waals surface area contributed by atoms with Gasteiger partial charge in [-0.15, -0.1) is 11.8 Å². The monoisotopic (exact) mass is 289 g/mol. The predicted molar refractivity (Wildman–Crippen MR) is 78.1 cm³/mol.